The fourth-order valence-corrected chi connectivity index (χ4v) is 4.02. The van der Waals surface area contributed by atoms with Crippen LogP contribution in [0.5, 0.6) is 0 Å². The molecule has 8 heteroatoms. The topological polar surface area (TPSA) is 89.0 Å². The molecule has 2 aromatic heterocycles. The largest absolute Gasteiger partial charge is 0.381 e. The van der Waals surface area contributed by atoms with E-state index in [4.69, 9.17) is 16.3 Å². The molecule has 4 rings (SSSR count). The predicted octanol–water partition coefficient (Wildman–Crippen LogP) is 2.89. The van der Waals surface area contributed by atoms with Crippen molar-refractivity contribution in [2.75, 3.05) is 31.6 Å². The van der Waals surface area contributed by atoms with Crippen LogP contribution in [-0.2, 0) is 16.0 Å². The van der Waals surface area contributed by atoms with E-state index in [1.807, 2.05) is 6.07 Å². The first-order valence-corrected chi connectivity index (χ1v) is 10.6. The Kier molecular flexibility index (Phi) is 6.69. The number of halogens is 1. The quantitative estimate of drug-likeness (QED) is 0.718. The van der Waals surface area contributed by atoms with Gasteiger partial charge in [0.25, 0.3) is 0 Å². The summed E-state index contributed by atoms with van der Waals surface area (Å²) in [6, 6.07) is 1.79. The Hall–Kier alpha value is -2.09. The Morgan fingerprint density at radius 2 is 2.10 bits per heavy atom. The maximum atomic E-state index is 12.5. The van der Waals surface area contributed by atoms with E-state index in [-0.39, 0.29) is 18.2 Å². The second kappa shape index (κ2) is 9.61. The number of pyridine rings is 1. The van der Waals surface area contributed by atoms with Crippen LogP contribution in [0.3, 0.4) is 0 Å². The number of anilines is 1. The summed E-state index contributed by atoms with van der Waals surface area (Å²) >= 11 is 6.38. The first kappa shape index (κ1) is 20.2. The minimum absolute atomic E-state index is 0.0616. The van der Waals surface area contributed by atoms with Crippen LogP contribution in [0.2, 0.25) is 5.02 Å². The van der Waals surface area contributed by atoms with Crippen LogP contribution in [0.1, 0.15) is 31.4 Å². The molecular formula is C21H26ClN5O2. The van der Waals surface area contributed by atoms with Crippen molar-refractivity contribution in [1.29, 1.82) is 0 Å². The van der Waals surface area contributed by atoms with E-state index in [9.17, 15) is 4.79 Å². The van der Waals surface area contributed by atoms with Crippen molar-refractivity contribution in [2.24, 2.45) is 5.92 Å². The molecule has 0 aliphatic carbocycles. The summed E-state index contributed by atoms with van der Waals surface area (Å²) in [5, 5.41) is 7.11. The van der Waals surface area contributed by atoms with E-state index in [0.717, 1.165) is 63.4 Å². The third kappa shape index (κ3) is 5.29. The fourth-order valence-electron chi connectivity index (χ4n) is 3.82. The summed E-state index contributed by atoms with van der Waals surface area (Å²) in [7, 11) is 0. The van der Waals surface area contributed by atoms with Crippen LogP contribution in [0.15, 0.2) is 24.7 Å². The summed E-state index contributed by atoms with van der Waals surface area (Å²) in [4.78, 5) is 25.8. The summed E-state index contributed by atoms with van der Waals surface area (Å²) in [6.45, 7) is 3.39. The maximum absolute atomic E-state index is 12.5. The molecule has 0 saturated carbocycles. The highest BCUT2D eigenvalue weighted by molar-refractivity contribution is 6.33. The van der Waals surface area contributed by atoms with Crippen molar-refractivity contribution in [3.8, 4) is 11.3 Å². The average Bonchev–Trinajstić information content (AvgIpc) is 3.30. The van der Waals surface area contributed by atoms with Crippen LogP contribution >= 0.6 is 11.6 Å². The van der Waals surface area contributed by atoms with Gasteiger partial charge >= 0.3 is 0 Å². The Bertz CT molecular complexity index is 851. The zero-order chi connectivity index (χ0) is 20.1. The van der Waals surface area contributed by atoms with Gasteiger partial charge in [-0.25, -0.2) is 4.98 Å². The smallest absolute Gasteiger partial charge is 0.155 e. The number of rotatable bonds is 7. The van der Waals surface area contributed by atoms with Gasteiger partial charge in [0.05, 0.1) is 35.6 Å². The summed E-state index contributed by atoms with van der Waals surface area (Å²) in [6.07, 6.45) is 9.33. The molecule has 4 heterocycles. The average molecular weight is 416 g/mol. The Balaban J connectivity index is 1.46. The molecule has 0 amide bonds. The zero-order valence-corrected chi connectivity index (χ0v) is 17.1. The van der Waals surface area contributed by atoms with Gasteiger partial charge in [-0.3, -0.25) is 14.8 Å². The van der Waals surface area contributed by atoms with Crippen molar-refractivity contribution in [2.45, 2.75) is 38.1 Å². The summed E-state index contributed by atoms with van der Waals surface area (Å²) in [5.41, 5.74) is 2.11. The molecule has 2 aromatic rings. The molecule has 2 fully saturated rings. The number of ether oxygens (including phenoxy) is 1. The number of carbonyl (C=O) groups excluding carboxylic acids is 1. The molecule has 154 valence electrons. The molecule has 2 aliphatic rings. The van der Waals surface area contributed by atoms with Gasteiger partial charge in [0.2, 0.25) is 0 Å². The van der Waals surface area contributed by atoms with Crippen LogP contribution in [0.4, 0.5) is 5.82 Å². The zero-order valence-electron chi connectivity index (χ0n) is 16.4. The van der Waals surface area contributed by atoms with Gasteiger partial charge in [-0.05, 0) is 44.2 Å². The number of nitrogens with zero attached hydrogens (tertiary/aromatic N) is 3. The first-order valence-electron chi connectivity index (χ1n) is 10.2. The number of ketones is 1. The molecule has 2 saturated heterocycles. The van der Waals surface area contributed by atoms with Gasteiger partial charge in [0.1, 0.15) is 5.82 Å². The van der Waals surface area contributed by atoms with E-state index in [2.05, 4.69) is 25.6 Å². The Labute approximate surface area is 175 Å². The molecule has 0 unspecified atom stereocenters. The molecule has 2 aliphatic heterocycles. The van der Waals surface area contributed by atoms with Crippen molar-refractivity contribution in [3.63, 3.8) is 0 Å². The van der Waals surface area contributed by atoms with E-state index in [1.54, 1.807) is 18.6 Å². The van der Waals surface area contributed by atoms with E-state index in [0.29, 0.717) is 22.3 Å². The maximum Gasteiger partial charge on any atom is 0.155 e. The van der Waals surface area contributed by atoms with Gasteiger partial charge in [-0.2, -0.15) is 0 Å². The number of Topliss-reactive ketones (excluding diaryl/α,β-unsaturated/α-hetero) is 1. The van der Waals surface area contributed by atoms with Crippen molar-refractivity contribution in [3.05, 3.63) is 35.4 Å². The SMILES string of the molecule is O=C(Cc1cc(-c2cncc(NCC3CCOCC3)n2)c(Cl)cn1)[C@H]1CCCN1. The highest BCUT2D eigenvalue weighted by Crippen LogP contribution is 2.27. The minimum Gasteiger partial charge on any atom is -0.381 e. The van der Waals surface area contributed by atoms with Gasteiger partial charge in [-0.1, -0.05) is 11.6 Å². The van der Waals surface area contributed by atoms with Crippen LogP contribution in [0, 0.1) is 5.92 Å². The lowest BCUT2D eigenvalue weighted by Crippen LogP contribution is -2.32. The standard InChI is InChI=1S/C21H26ClN5O2/c22-17-11-25-15(9-20(28)18-2-1-5-24-18)8-16(17)19-12-23-13-21(27-19)26-10-14-3-6-29-7-4-14/h8,11-14,18,24H,1-7,9-10H2,(H,26,27)/t18-/m1/s1. The van der Waals surface area contributed by atoms with E-state index in [1.165, 1.54) is 0 Å². The van der Waals surface area contributed by atoms with Gasteiger partial charge in [-0.15, -0.1) is 0 Å². The fraction of sp³-hybridized carbons (Fsp3) is 0.524. The summed E-state index contributed by atoms with van der Waals surface area (Å²) < 4.78 is 5.41. The van der Waals surface area contributed by atoms with Crippen LogP contribution in [-0.4, -0.2) is 53.1 Å². The van der Waals surface area contributed by atoms with Gasteiger partial charge < -0.3 is 15.4 Å². The first-order chi connectivity index (χ1) is 14.2. The molecule has 29 heavy (non-hydrogen) atoms. The van der Waals surface area contributed by atoms with Gasteiger partial charge in [0.15, 0.2) is 5.78 Å². The second-order valence-corrected chi connectivity index (χ2v) is 8.08. The Morgan fingerprint density at radius 3 is 2.90 bits per heavy atom. The lowest BCUT2D eigenvalue weighted by molar-refractivity contribution is -0.120. The van der Waals surface area contributed by atoms with Crippen molar-refractivity contribution < 1.29 is 9.53 Å². The molecule has 0 radical (unpaired) electrons. The molecule has 0 spiro atoms. The molecule has 7 nitrogen and oxygen atoms in total. The normalized spacial score (nSPS) is 20.0. The lowest BCUT2D eigenvalue weighted by Gasteiger charge is -2.22. The monoisotopic (exact) mass is 415 g/mol. The third-order valence-corrected chi connectivity index (χ3v) is 5.84. The van der Waals surface area contributed by atoms with Crippen LogP contribution in [0.25, 0.3) is 11.3 Å². The number of nitrogens with one attached hydrogen (secondary N) is 2. The highest BCUT2D eigenvalue weighted by Gasteiger charge is 2.22. The molecule has 1 atom stereocenters. The van der Waals surface area contributed by atoms with Gasteiger partial charge in [0, 0.05) is 37.2 Å². The lowest BCUT2D eigenvalue weighted by atomic mass is 10.0. The van der Waals surface area contributed by atoms with E-state index < -0.39 is 0 Å². The molecular weight excluding hydrogens is 390 g/mol. The summed E-state index contributed by atoms with van der Waals surface area (Å²) in [5.74, 6) is 1.47. The Morgan fingerprint density at radius 1 is 1.24 bits per heavy atom. The number of hydrogen-bond donors (Lipinski definition) is 2. The highest BCUT2D eigenvalue weighted by atomic mass is 35.5. The number of aromatic nitrogens is 3. The second-order valence-electron chi connectivity index (χ2n) is 7.67. The molecule has 0 bridgehead atoms. The number of hydrogen-bond acceptors (Lipinski definition) is 7. The van der Waals surface area contributed by atoms with Crippen molar-refractivity contribution >= 4 is 23.2 Å². The molecule has 0 aromatic carbocycles. The minimum atomic E-state index is -0.0616. The van der Waals surface area contributed by atoms with Crippen LogP contribution < -0.4 is 10.6 Å². The number of carbonyl (C=O) groups is 1. The predicted molar refractivity (Wildman–Crippen MR) is 112 cm³/mol. The van der Waals surface area contributed by atoms with Crippen molar-refractivity contribution in [1.82, 2.24) is 20.3 Å². The third-order valence-electron chi connectivity index (χ3n) is 5.54. The molecule has 2 N–H and O–H groups in total. The van der Waals surface area contributed by atoms with E-state index >= 15 is 0 Å².